The Bertz CT molecular complexity index is 1430. The standard InChI is InChI=1S/C26H22F3N5O3/c1-15-3-4-16(14-35)11-21(15)33-24(36)17-5-7-18(8-6-17)32-25-31-13-20(26(27,28)29)23(34-25)19-12-30-10-9-22(19)37-2/h3-13,35H,14H2,1-2H3,(H,33,36)(H,31,32,34). The largest absolute Gasteiger partial charge is 0.496 e. The van der Waals surface area contributed by atoms with Crippen molar-refractivity contribution in [2.45, 2.75) is 19.7 Å². The second-order valence-corrected chi connectivity index (χ2v) is 7.99. The average Bonchev–Trinajstić information content (AvgIpc) is 2.89. The van der Waals surface area contributed by atoms with E-state index < -0.39 is 11.7 Å². The molecule has 0 atom stereocenters. The zero-order chi connectivity index (χ0) is 26.6. The van der Waals surface area contributed by atoms with Gasteiger partial charge in [0.15, 0.2) is 0 Å². The Kier molecular flexibility index (Phi) is 7.35. The number of anilines is 3. The number of alkyl halides is 3. The number of nitrogens with one attached hydrogen (secondary N) is 2. The molecule has 0 fully saturated rings. The highest BCUT2D eigenvalue weighted by Gasteiger charge is 2.36. The van der Waals surface area contributed by atoms with Crippen LogP contribution in [0.25, 0.3) is 11.3 Å². The monoisotopic (exact) mass is 509 g/mol. The first-order valence-electron chi connectivity index (χ1n) is 11.0. The van der Waals surface area contributed by atoms with Gasteiger partial charge >= 0.3 is 6.18 Å². The maximum atomic E-state index is 13.7. The lowest BCUT2D eigenvalue weighted by Gasteiger charge is -2.15. The summed E-state index contributed by atoms with van der Waals surface area (Å²) in [7, 11) is 1.34. The minimum Gasteiger partial charge on any atom is -0.496 e. The van der Waals surface area contributed by atoms with Gasteiger partial charge in [-0.05, 0) is 54.4 Å². The van der Waals surface area contributed by atoms with E-state index in [1.807, 2.05) is 6.92 Å². The molecule has 3 N–H and O–H groups in total. The zero-order valence-corrected chi connectivity index (χ0v) is 19.8. The number of aliphatic hydroxyl groups is 1. The number of methoxy groups -OCH3 is 1. The van der Waals surface area contributed by atoms with Crippen molar-refractivity contribution in [3.63, 3.8) is 0 Å². The number of benzene rings is 2. The fraction of sp³-hybridized carbons (Fsp3) is 0.154. The molecule has 0 aliphatic carbocycles. The van der Waals surface area contributed by atoms with Crippen LogP contribution in [0.15, 0.2) is 67.1 Å². The van der Waals surface area contributed by atoms with Crippen molar-refractivity contribution in [2.24, 2.45) is 0 Å². The molecule has 0 spiro atoms. The van der Waals surface area contributed by atoms with Crippen molar-refractivity contribution in [1.82, 2.24) is 15.0 Å². The molecule has 0 unspecified atom stereocenters. The highest BCUT2D eigenvalue weighted by molar-refractivity contribution is 6.04. The summed E-state index contributed by atoms with van der Waals surface area (Å²) < 4.78 is 46.2. The summed E-state index contributed by atoms with van der Waals surface area (Å²) >= 11 is 0. The molecule has 11 heteroatoms. The van der Waals surface area contributed by atoms with Gasteiger partial charge in [0.1, 0.15) is 11.3 Å². The molecular weight excluding hydrogens is 487 g/mol. The van der Waals surface area contributed by atoms with E-state index in [4.69, 9.17) is 4.74 Å². The summed E-state index contributed by atoms with van der Waals surface area (Å²) in [6.45, 7) is 1.69. The third-order valence-electron chi connectivity index (χ3n) is 5.49. The molecule has 2 aromatic carbocycles. The number of carbonyl (C=O) groups excluding carboxylic acids is 1. The van der Waals surface area contributed by atoms with E-state index in [2.05, 4.69) is 25.6 Å². The van der Waals surface area contributed by atoms with E-state index in [1.54, 1.807) is 42.5 Å². The van der Waals surface area contributed by atoms with Gasteiger partial charge in [0.05, 0.1) is 25.0 Å². The number of hydrogen-bond acceptors (Lipinski definition) is 7. The number of aryl methyl sites for hydroxylation is 1. The van der Waals surface area contributed by atoms with E-state index in [-0.39, 0.29) is 35.5 Å². The van der Waals surface area contributed by atoms with Crippen molar-refractivity contribution in [3.8, 4) is 17.0 Å². The van der Waals surface area contributed by atoms with Gasteiger partial charge in [-0.1, -0.05) is 12.1 Å². The predicted octanol–water partition coefficient (Wildman–Crippen LogP) is 5.36. The van der Waals surface area contributed by atoms with Crippen molar-refractivity contribution in [2.75, 3.05) is 17.7 Å². The number of nitrogens with zero attached hydrogens (tertiary/aromatic N) is 3. The highest BCUT2D eigenvalue weighted by atomic mass is 19.4. The average molecular weight is 509 g/mol. The summed E-state index contributed by atoms with van der Waals surface area (Å²) in [6, 6.07) is 13.0. The lowest BCUT2D eigenvalue weighted by Crippen LogP contribution is -2.13. The van der Waals surface area contributed by atoms with Gasteiger partial charge in [-0.3, -0.25) is 9.78 Å². The molecule has 0 saturated heterocycles. The minimum absolute atomic E-state index is 0.0651. The van der Waals surface area contributed by atoms with E-state index in [0.29, 0.717) is 28.7 Å². The number of amides is 1. The van der Waals surface area contributed by atoms with Crippen LogP contribution in [0.1, 0.15) is 27.0 Å². The third kappa shape index (κ3) is 5.84. The van der Waals surface area contributed by atoms with Gasteiger partial charge in [-0.25, -0.2) is 9.97 Å². The van der Waals surface area contributed by atoms with Crippen molar-refractivity contribution in [3.05, 3.63) is 89.4 Å². The number of ether oxygens (including phenoxy) is 1. The quantitative estimate of drug-likeness (QED) is 0.308. The number of rotatable bonds is 7. The maximum absolute atomic E-state index is 13.7. The van der Waals surface area contributed by atoms with E-state index >= 15 is 0 Å². The molecule has 2 aromatic heterocycles. The molecule has 0 aliphatic heterocycles. The second kappa shape index (κ2) is 10.6. The summed E-state index contributed by atoms with van der Waals surface area (Å²) in [6.07, 6.45) is -1.36. The van der Waals surface area contributed by atoms with Crippen LogP contribution in [0.5, 0.6) is 5.75 Å². The van der Waals surface area contributed by atoms with Crippen molar-refractivity contribution >= 4 is 23.2 Å². The molecule has 2 heterocycles. The minimum atomic E-state index is -4.70. The van der Waals surface area contributed by atoms with Crippen LogP contribution < -0.4 is 15.4 Å². The molecule has 190 valence electrons. The lowest BCUT2D eigenvalue weighted by molar-refractivity contribution is -0.137. The van der Waals surface area contributed by atoms with E-state index in [0.717, 1.165) is 5.56 Å². The molecule has 8 nitrogen and oxygen atoms in total. The van der Waals surface area contributed by atoms with Gasteiger partial charge in [-0.2, -0.15) is 13.2 Å². The summed E-state index contributed by atoms with van der Waals surface area (Å²) in [4.78, 5) is 24.5. The van der Waals surface area contributed by atoms with Gasteiger partial charge in [0, 0.05) is 35.5 Å². The van der Waals surface area contributed by atoms with Crippen LogP contribution in [0.3, 0.4) is 0 Å². The molecule has 4 aromatic rings. The zero-order valence-electron chi connectivity index (χ0n) is 19.8. The molecule has 37 heavy (non-hydrogen) atoms. The Balaban J connectivity index is 1.57. The SMILES string of the molecule is COc1ccncc1-c1nc(Nc2ccc(C(=O)Nc3cc(CO)ccc3C)cc2)ncc1C(F)(F)F. The van der Waals surface area contributed by atoms with Crippen LogP contribution in [0, 0.1) is 6.92 Å². The number of pyridine rings is 1. The Morgan fingerprint density at radius 1 is 1.08 bits per heavy atom. The molecule has 1 amide bonds. The van der Waals surface area contributed by atoms with Gasteiger partial charge in [0.2, 0.25) is 5.95 Å². The number of halogens is 3. The lowest BCUT2D eigenvalue weighted by atomic mass is 10.1. The maximum Gasteiger partial charge on any atom is 0.420 e. The Labute approximate surface area is 210 Å². The van der Waals surface area contributed by atoms with Crippen molar-refractivity contribution in [1.29, 1.82) is 0 Å². The number of aromatic nitrogens is 3. The van der Waals surface area contributed by atoms with Crippen molar-refractivity contribution < 1.29 is 27.8 Å². The number of carbonyl (C=O) groups is 1. The van der Waals surface area contributed by atoms with Crippen LogP contribution in [-0.2, 0) is 12.8 Å². The van der Waals surface area contributed by atoms with Crippen LogP contribution >= 0.6 is 0 Å². The fourth-order valence-electron chi connectivity index (χ4n) is 3.52. The molecule has 0 aliphatic rings. The highest BCUT2D eigenvalue weighted by Crippen LogP contribution is 2.39. The Hall–Kier alpha value is -4.51. The van der Waals surface area contributed by atoms with Crippen LogP contribution in [0.4, 0.5) is 30.5 Å². The Morgan fingerprint density at radius 3 is 2.51 bits per heavy atom. The normalized spacial score (nSPS) is 11.2. The number of hydrogen-bond donors (Lipinski definition) is 3. The molecule has 0 saturated carbocycles. The molecule has 4 rings (SSSR count). The van der Waals surface area contributed by atoms with Crippen LogP contribution in [-0.4, -0.2) is 33.1 Å². The van der Waals surface area contributed by atoms with E-state index in [1.165, 1.54) is 25.6 Å². The number of aliphatic hydroxyl groups excluding tert-OH is 1. The van der Waals surface area contributed by atoms with E-state index in [9.17, 15) is 23.1 Å². The summed E-state index contributed by atoms with van der Waals surface area (Å²) in [5.74, 6) is -0.260. The first kappa shape index (κ1) is 25.6. The smallest absolute Gasteiger partial charge is 0.420 e. The first-order valence-corrected chi connectivity index (χ1v) is 11.0. The molecular formula is C26H22F3N5O3. The van der Waals surface area contributed by atoms with Gasteiger partial charge in [0.25, 0.3) is 5.91 Å². The second-order valence-electron chi connectivity index (χ2n) is 7.99. The topological polar surface area (TPSA) is 109 Å². The molecule has 0 radical (unpaired) electrons. The summed E-state index contributed by atoms with van der Waals surface area (Å²) in [5, 5.41) is 15.0. The predicted molar refractivity (Wildman–Crippen MR) is 132 cm³/mol. The van der Waals surface area contributed by atoms with Crippen LogP contribution in [0.2, 0.25) is 0 Å². The first-order chi connectivity index (χ1) is 17.7. The fourth-order valence-corrected chi connectivity index (χ4v) is 3.52. The van der Waals surface area contributed by atoms with Gasteiger partial charge < -0.3 is 20.5 Å². The van der Waals surface area contributed by atoms with Gasteiger partial charge in [-0.15, -0.1) is 0 Å². The Morgan fingerprint density at radius 2 is 1.84 bits per heavy atom. The molecule has 0 bridgehead atoms. The third-order valence-corrected chi connectivity index (χ3v) is 5.49. The summed E-state index contributed by atoms with van der Waals surface area (Å²) in [5.41, 5.74) is 1.55.